The molecule has 4 rings (SSSR count). The second-order valence-corrected chi connectivity index (χ2v) is 9.03. The third-order valence-corrected chi connectivity index (χ3v) is 6.92. The Labute approximate surface area is 209 Å². The maximum absolute atomic E-state index is 12.9. The molecule has 0 bridgehead atoms. The minimum Gasteiger partial charge on any atom is -0.343 e. The average molecular weight is 492 g/mol. The van der Waals surface area contributed by atoms with Crippen molar-refractivity contribution in [3.63, 3.8) is 0 Å². The van der Waals surface area contributed by atoms with Crippen molar-refractivity contribution in [2.45, 2.75) is 52.0 Å². The topological polar surface area (TPSA) is 53.5 Å². The van der Waals surface area contributed by atoms with Crippen LogP contribution < -0.4 is 0 Å². The van der Waals surface area contributed by atoms with Crippen molar-refractivity contribution < 1.29 is 9.59 Å². The van der Waals surface area contributed by atoms with Gasteiger partial charge >= 0.3 is 0 Å². The van der Waals surface area contributed by atoms with Gasteiger partial charge in [-0.25, -0.2) is 0 Å². The van der Waals surface area contributed by atoms with Crippen molar-refractivity contribution >= 4 is 36.5 Å². The molecule has 1 saturated heterocycles. The number of fused-ring (bicyclic) bond motifs is 1. The summed E-state index contributed by atoms with van der Waals surface area (Å²) >= 11 is 0. The number of hydrogen-bond donors (Lipinski definition) is 0. The Morgan fingerprint density at radius 3 is 2.27 bits per heavy atom. The van der Waals surface area contributed by atoms with Gasteiger partial charge in [-0.3, -0.25) is 19.5 Å². The Hall–Kier alpha value is -1.95. The number of pyridine rings is 1. The molecular formula is C26H35Cl2N3O2. The van der Waals surface area contributed by atoms with Crippen LogP contribution in [0.3, 0.4) is 0 Å². The molecule has 5 nitrogen and oxygen atoms in total. The van der Waals surface area contributed by atoms with E-state index < -0.39 is 0 Å². The number of amides is 1. The van der Waals surface area contributed by atoms with Gasteiger partial charge in [0.2, 0.25) is 5.91 Å². The third kappa shape index (κ3) is 7.53. The molecule has 1 fully saturated rings. The molecule has 0 atom stereocenters. The summed E-state index contributed by atoms with van der Waals surface area (Å²) in [4.78, 5) is 32.8. The van der Waals surface area contributed by atoms with E-state index in [1.54, 1.807) is 6.92 Å². The molecular weight excluding hydrogens is 457 g/mol. The molecule has 2 aliphatic heterocycles. The smallest absolute Gasteiger partial charge is 0.219 e. The predicted octanol–water partition coefficient (Wildman–Crippen LogP) is 4.75. The molecule has 33 heavy (non-hydrogen) atoms. The van der Waals surface area contributed by atoms with Crippen LogP contribution in [0.25, 0.3) is 0 Å². The number of aromatic nitrogens is 1. The molecule has 3 heterocycles. The number of likely N-dealkylation sites (tertiary alicyclic amines) is 1. The number of carbonyl (C=O) groups is 2. The highest BCUT2D eigenvalue weighted by Gasteiger charge is 2.22. The number of carbonyl (C=O) groups excluding carboxylic acids is 2. The van der Waals surface area contributed by atoms with Gasteiger partial charge in [-0.2, -0.15) is 0 Å². The zero-order valence-electron chi connectivity index (χ0n) is 19.4. The van der Waals surface area contributed by atoms with Crippen LogP contribution in [0.15, 0.2) is 42.7 Å². The van der Waals surface area contributed by atoms with Crippen molar-refractivity contribution in [2.75, 3.05) is 26.2 Å². The van der Waals surface area contributed by atoms with E-state index in [2.05, 4.69) is 34.1 Å². The van der Waals surface area contributed by atoms with Gasteiger partial charge in [-0.05, 0) is 72.9 Å². The van der Waals surface area contributed by atoms with Gasteiger partial charge in [0, 0.05) is 64.0 Å². The zero-order valence-corrected chi connectivity index (χ0v) is 21.0. The first kappa shape index (κ1) is 27.3. The van der Waals surface area contributed by atoms with Crippen LogP contribution in [0, 0.1) is 5.92 Å². The molecule has 7 heteroatoms. The first-order chi connectivity index (χ1) is 15.1. The lowest BCUT2D eigenvalue weighted by Gasteiger charge is -2.31. The SMILES string of the molecule is CC(=O)N1CCC(CCC(=O)c2ccc3c(c2)CCN(Cc2ccncc2)CC3)CC1.Cl.Cl. The molecule has 2 aliphatic rings. The number of piperidine rings is 1. The maximum Gasteiger partial charge on any atom is 0.219 e. The van der Waals surface area contributed by atoms with E-state index in [4.69, 9.17) is 0 Å². The molecule has 0 aliphatic carbocycles. The Morgan fingerprint density at radius 1 is 0.939 bits per heavy atom. The molecule has 0 unspecified atom stereocenters. The average Bonchev–Trinajstić information content (AvgIpc) is 3.00. The lowest BCUT2D eigenvalue weighted by Crippen LogP contribution is -2.37. The minimum atomic E-state index is 0. The molecule has 180 valence electrons. The molecule has 1 amide bonds. The van der Waals surface area contributed by atoms with E-state index in [0.717, 1.165) is 70.4 Å². The van der Waals surface area contributed by atoms with Gasteiger partial charge in [-0.1, -0.05) is 12.1 Å². The summed E-state index contributed by atoms with van der Waals surface area (Å²) in [5.41, 5.74) is 4.87. The van der Waals surface area contributed by atoms with Crippen molar-refractivity contribution in [3.8, 4) is 0 Å². The zero-order chi connectivity index (χ0) is 21.6. The predicted molar refractivity (Wildman–Crippen MR) is 136 cm³/mol. The lowest BCUT2D eigenvalue weighted by atomic mass is 9.89. The molecule has 0 spiro atoms. The quantitative estimate of drug-likeness (QED) is 0.547. The highest BCUT2D eigenvalue weighted by molar-refractivity contribution is 5.96. The summed E-state index contributed by atoms with van der Waals surface area (Å²) in [6, 6.07) is 10.5. The fourth-order valence-electron chi connectivity index (χ4n) is 4.87. The lowest BCUT2D eigenvalue weighted by molar-refractivity contribution is -0.130. The van der Waals surface area contributed by atoms with Crippen molar-refractivity contribution in [3.05, 3.63) is 65.0 Å². The fraction of sp³-hybridized carbons (Fsp3) is 0.500. The summed E-state index contributed by atoms with van der Waals surface area (Å²) in [5, 5.41) is 0. The maximum atomic E-state index is 12.9. The van der Waals surface area contributed by atoms with E-state index in [1.807, 2.05) is 23.4 Å². The van der Waals surface area contributed by atoms with Crippen LogP contribution in [-0.2, 0) is 24.2 Å². The summed E-state index contributed by atoms with van der Waals surface area (Å²) in [6.07, 6.45) is 9.31. The van der Waals surface area contributed by atoms with Gasteiger partial charge in [0.25, 0.3) is 0 Å². The van der Waals surface area contributed by atoms with E-state index in [-0.39, 0.29) is 36.5 Å². The number of nitrogens with zero attached hydrogens (tertiary/aromatic N) is 3. The Balaban J connectivity index is 0.00000193. The van der Waals surface area contributed by atoms with Gasteiger partial charge in [0.1, 0.15) is 0 Å². The Morgan fingerprint density at radius 2 is 1.61 bits per heavy atom. The van der Waals surface area contributed by atoms with Gasteiger partial charge < -0.3 is 4.90 Å². The largest absolute Gasteiger partial charge is 0.343 e. The minimum absolute atomic E-state index is 0. The number of rotatable bonds is 6. The van der Waals surface area contributed by atoms with Crippen LogP contribution in [0.5, 0.6) is 0 Å². The fourth-order valence-corrected chi connectivity index (χ4v) is 4.87. The standard InChI is InChI=1S/C26H33N3O2.2ClH/c1-20(30)29-16-8-21(9-17-29)2-5-26(31)25-4-3-23-10-14-28(15-11-24(23)18-25)19-22-6-12-27-13-7-22;;/h3-4,6-7,12-13,18,21H,2,5,8-11,14-17,19H2,1H3;2*1H. The molecule has 2 aromatic rings. The first-order valence-corrected chi connectivity index (χ1v) is 11.6. The van der Waals surface area contributed by atoms with E-state index in [1.165, 1.54) is 16.7 Å². The second-order valence-electron chi connectivity index (χ2n) is 9.03. The van der Waals surface area contributed by atoms with E-state index >= 15 is 0 Å². The third-order valence-electron chi connectivity index (χ3n) is 6.92. The molecule has 0 saturated carbocycles. The summed E-state index contributed by atoms with van der Waals surface area (Å²) in [6.45, 7) is 6.32. The van der Waals surface area contributed by atoms with Crippen molar-refractivity contribution in [1.29, 1.82) is 0 Å². The van der Waals surface area contributed by atoms with Crippen LogP contribution in [-0.4, -0.2) is 52.7 Å². The number of benzene rings is 1. The highest BCUT2D eigenvalue weighted by atomic mass is 35.5. The summed E-state index contributed by atoms with van der Waals surface area (Å²) in [7, 11) is 0. The number of Topliss-reactive ketones (excluding diaryl/α,β-unsaturated/α-hetero) is 1. The second kappa shape index (κ2) is 13.1. The monoisotopic (exact) mass is 491 g/mol. The molecule has 0 N–H and O–H groups in total. The number of halogens is 2. The number of hydrogen-bond acceptors (Lipinski definition) is 4. The van der Waals surface area contributed by atoms with Gasteiger partial charge in [-0.15, -0.1) is 24.8 Å². The van der Waals surface area contributed by atoms with Gasteiger partial charge in [0.15, 0.2) is 5.78 Å². The molecule has 1 aromatic heterocycles. The van der Waals surface area contributed by atoms with Crippen molar-refractivity contribution in [1.82, 2.24) is 14.8 Å². The molecule has 0 radical (unpaired) electrons. The van der Waals surface area contributed by atoms with Crippen LogP contribution >= 0.6 is 24.8 Å². The summed E-state index contributed by atoms with van der Waals surface area (Å²) in [5.74, 6) is 0.982. The Kier molecular flexibility index (Phi) is 10.8. The number of ketones is 1. The highest BCUT2D eigenvalue weighted by Crippen LogP contribution is 2.24. The first-order valence-electron chi connectivity index (χ1n) is 11.6. The van der Waals surface area contributed by atoms with Crippen molar-refractivity contribution in [2.24, 2.45) is 5.92 Å². The molecule has 1 aromatic carbocycles. The normalized spacial score (nSPS) is 16.7. The van der Waals surface area contributed by atoms with Crippen LogP contribution in [0.4, 0.5) is 0 Å². The van der Waals surface area contributed by atoms with Crippen LogP contribution in [0.2, 0.25) is 0 Å². The summed E-state index contributed by atoms with van der Waals surface area (Å²) < 4.78 is 0. The Bertz CT molecular complexity index is 915. The van der Waals surface area contributed by atoms with Crippen LogP contribution in [0.1, 0.15) is 59.7 Å². The van der Waals surface area contributed by atoms with E-state index in [9.17, 15) is 9.59 Å². The van der Waals surface area contributed by atoms with Gasteiger partial charge in [0.05, 0.1) is 0 Å². The van der Waals surface area contributed by atoms with E-state index in [0.29, 0.717) is 12.3 Å².